The molecule has 0 spiro atoms. The third kappa shape index (κ3) is 3.32. The molecule has 1 aromatic rings. The number of carboxylic acids is 1. The lowest BCUT2D eigenvalue weighted by Gasteiger charge is -2.27. The van der Waals surface area contributed by atoms with Crippen molar-refractivity contribution in [2.24, 2.45) is 11.8 Å². The lowest BCUT2D eigenvalue weighted by molar-refractivity contribution is -0.147. The second kappa shape index (κ2) is 7.35. The fraction of sp³-hybridized carbons (Fsp3) is 0.611. The second-order valence-corrected chi connectivity index (χ2v) is 7.81. The highest BCUT2D eigenvalue weighted by Gasteiger charge is 2.36. The van der Waals surface area contributed by atoms with Crippen LogP contribution in [0.2, 0.25) is 0 Å². The van der Waals surface area contributed by atoms with Crippen molar-refractivity contribution in [3.05, 3.63) is 16.0 Å². The maximum absolute atomic E-state index is 12.7. The minimum absolute atomic E-state index is 0.241. The van der Waals surface area contributed by atoms with Crippen LogP contribution >= 0.6 is 11.3 Å². The number of nitrogens with zero attached hydrogens (tertiary/aromatic N) is 1. The number of nitrogens with one attached hydrogen (secondary N) is 1. The second-order valence-electron chi connectivity index (χ2n) is 6.71. The minimum Gasteiger partial charge on any atom is -0.481 e. The first kappa shape index (κ1) is 17.0. The largest absolute Gasteiger partial charge is 0.481 e. The summed E-state index contributed by atoms with van der Waals surface area (Å²) in [5.74, 6) is -2.24. The van der Waals surface area contributed by atoms with Gasteiger partial charge in [0.2, 0.25) is 5.91 Å². The summed E-state index contributed by atoms with van der Waals surface area (Å²) in [5.41, 5.74) is 1.68. The van der Waals surface area contributed by atoms with E-state index in [0.29, 0.717) is 23.4 Å². The average molecular weight is 346 g/mol. The molecule has 0 unspecified atom stereocenters. The van der Waals surface area contributed by atoms with Crippen molar-refractivity contribution in [3.8, 4) is 6.07 Å². The number of anilines is 1. The topological polar surface area (TPSA) is 90.2 Å². The van der Waals surface area contributed by atoms with Gasteiger partial charge in [-0.3, -0.25) is 9.59 Å². The molecule has 0 radical (unpaired) electrons. The van der Waals surface area contributed by atoms with Gasteiger partial charge in [-0.05, 0) is 44.1 Å². The van der Waals surface area contributed by atoms with E-state index in [1.165, 1.54) is 22.6 Å². The van der Waals surface area contributed by atoms with Crippen LogP contribution in [-0.4, -0.2) is 17.0 Å². The van der Waals surface area contributed by atoms with Crippen LogP contribution in [0.25, 0.3) is 0 Å². The maximum Gasteiger partial charge on any atom is 0.307 e. The molecular formula is C18H22N2O3S. The number of rotatable bonds is 3. The standard InChI is InChI=1S/C18H22N2O3S/c19-10-14-11-6-2-1-3-9-15(11)24-17(14)20-16(21)12-7-4-5-8-13(12)18(22)23/h12-13H,1-9H2,(H,20,21)(H,22,23)/t12-,13-/m0/s1. The van der Waals surface area contributed by atoms with E-state index in [1.807, 2.05) is 0 Å². The van der Waals surface area contributed by atoms with Crippen LogP contribution in [0.5, 0.6) is 0 Å². The number of hydrogen-bond donors (Lipinski definition) is 2. The molecular weight excluding hydrogens is 324 g/mol. The molecule has 5 nitrogen and oxygen atoms in total. The monoisotopic (exact) mass is 346 g/mol. The van der Waals surface area contributed by atoms with Crippen molar-refractivity contribution in [3.63, 3.8) is 0 Å². The number of amides is 1. The molecule has 2 aliphatic rings. The predicted molar refractivity (Wildman–Crippen MR) is 92.0 cm³/mol. The Morgan fingerprint density at radius 2 is 1.79 bits per heavy atom. The lowest BCUT2D eigenvalue weighted by atomic mass is 9.79. The van der Waals surface area contributed by atoms with E-state index in [4.69, 9.17) is 0 Å². The fourth-order valence-electron chi connectivity index (χ4n) is 3.89. The zero-order chi connectivity index (χ0) is 17.1. The smallest absolute Gasteiger partial charge is 0.307 e. The first-order chi connectivity index (χ1) is 11.6. The first-order valence-electron chi connectivity index (χ1n) is 8.70. The van der Waals surface area contributed by atoms with Gasteiger partial charge in [-0.15, -0.1) is 11.3 Å². The lowest BCUT2D eigenvalue weighted by Crippen LogP contribution is -2.36. The van der Waals surface area contributed by atoms with Crippen molar-refractivity contribution in [1.82, 2.24) is 0 Å². The van der Waals surface area contributed by atoms with Gasteiger partial charge in [-0.2, -0.15) is 5.26 Å². The van der Waals surface area contributed by atoms with Crippen LogP contribution in [0, 0.1) is 23.2 Å². The number of carboxylic acid groups (broad SMARTS) is 1. The van der Waals surface area contributed by atoms with Crippen molar-refractivity contribution in [2.45, 2.75) is 57.8 Å². The van der Waals surface area contributed by atoms with E-state index in [9.17, 15) is 20.0 Å². The molecule has 3 rings (SSSR count). The normalized spacial score (nSPS) is 23.6. The molecule has 0 bridgehead atoms. The fourth-order valence-corrected chi connectivity index (χ4v) is 5.14. The van der Waals surface area contributed by atoms with Gasteiger partial charge in [0.15, 0.2) is 0 Å². The molecule has 0 saturated heterocycles. The van der Waals surface area contributed by atoms with Gasteiger partial charge in [0, 0.05) is 4.88 Å². The molecule has 1 heterocycles. The van der Waals surface area contributed by atoms with Gasteiger partial charge in [-0.25, -0.2) is 0 Å². The number of aliphatic carboxylic acids is 1. The van der Waals surface area contributed by atoms with Crippen LogP contribution < -0.4 is 5.32 Å². The van der Waals surface area contributed by atoms with Crippen LogP contribution in [0.4, 0.5) is 5.00 Å². The van der Waals surface area contributed by atoms with Crippen LogP contribution in [0.1, 0.15) is 60.9 Å². The van der Waals surface area contributed by atoms with E-state index < -0.39 is 17.8 Å². The molecule has 2 aliphatic carbocycles. The summed E-state index contributed by atoms with van der Waals surface area (Å²) in [6.45, 7) is 0. The highest BCUT2D eigenvalue weighted by atomic mass is 32.1. The molecule has 0 aliphatic heterocycles. The Morgan fingerprint density at radius 1 is 1.08 bits per heavy atom. The summed E-state index contributed by atoms with van der Waals surface area (Å²) in [5, 5.41) is 22.4. The number of fused-ring (bicyclic) bond motifs is 1. The number of hydrogen-bond acceptors (Lipinski definition) is 4. The van der Waals surface area contributed by atoms with Crippen molar-refractivity contribution >= 4 is 28.2 Å². The summed E-state index contributed by atoms with van der Waals surface area (Å²) >= 11 is 1.50. The van der Waals surface area contributed by atoms with E-state index in [1.54, 1.807) is 0 Å². The molecule has 1 saturated carbocycles. The Hall–Kier alpha value is -1.87. The summed E-state index contributed by atoms with van der Waals surface area (Å²) < 4.78 is 0. The number of nitriles is 1. The van der Waals surface area contributed by atoms with Gasteiger partial charge in [-0.1, -0.05) is 19.3 Å². The van der Waals surface area contributed by atoms with Crippen molar-refractivity contribution in [2.75, 3.05) is 5.32 Å². The van der Waals surface area contributed by atoms with E-state index >= 15 is 0 Å². The first-order valence-corrected chi connectivity index (χ1v) is 9.51. The third-order valence-electron chi connectivity index (χ3n) is 5.19. The Labute approximate surface area is 145 Å². The molecule has 1 aromatic heterocycles. The molecule has 24 heavy (non-hydrogen) atoms. The summed E-state index contributed by atoms with van der Waals surface area (Å²) in [4.78, 5) is 25.3. The van der Waals surface area contributed by atoms with Crippen LogP contribution in [0.3, 0.4) is 0 Å². The zero-order valence-corrected chi connectivity index (χ0v) is 14.5. The number of carbonyl (C=O) groups is 2. The van der Waals surface area contributed by atoms with E-state index in [2.05, 4.69) is 11.4 Å². The Balaban J connectivity index is 1.81. The molecule has 0 aromatic carbocycles. The van der Waals surface area contributed by atoms with Gasteiger partial charge in [0.25, 0.3) is 0 Å². The van der Waals surface area contributed by atoms with E-state index in [0.717, 1.165) is 44.1 Å². The minimum atomic E-state index is -0.891. The van der Waals surface area contributed by atoms with Crippen molar-refractivity contribution < 1.29 is 14.7 Å². The third-order valence-corrected chi connectivity index (χ3v) is 6.40. The molecule has 6 heteroatoms. The maximum atomic E-state index is 12.7. The van der Waals surface area contributed by atoms with Gasteiger partial charge in [0.1, 0.15) is 11.1 Å². The molecule has 2 N–H and O–H groups in total. The molecule has 2 atom stereocenters. The Kier molecular flexibility index (Phi) is 5.20. The molecule has 1 fully saturated rings. The van der Waals surface area contributed by atoms with Gasteiger partial charge >= 0.3 is 5.97 Å². The predicted octanol–water partition coefficient (Wildman–Crippen LogP) is 3.72. The van der Waals surface area contributed by atoms with Crippen molar-refractivity contribution in [1.29, 1.82) is 5.26 Å². The Bertz CT molecular complexity index is 689. The summed E-state index contributed by atoms with van der Waals surface area (Å²) in [6, 6.07) is 2.25. The molecule has 1 amide bonds. The number of thiophene rings is 1. The highest BCUT2D eigenvalue weighted by Crippen LogP contribution is 2.38. The number of aryl methyl sites for hydroxylation is 1. The van der Waals surface area contributed by atoms with Gasteiger partial charge < -0.3 is 10.4 Å². The zero-order valence-electron chi connectivity index (χ0n) is 13.6. The molecule has 128 valence electrons. The quantitative estimate of drug-likeness (QED) is 0.816. The number of carbonyl (C=O) groups excluding carboxylic acids is 1. The van der Waals surface area contributed by atoms with Gasteiger partial charge in [0.05, 0.1) is 17.4 Å². The summed E-state index contributed by atoms with van der Waals surface area (Å²) in [6.07, 6.45) is 8.14. The van der Waals surface area contributed by atoms with E-state index in [-0.39, 0.29) is 5.91 Å². The average Bonchev–Trinajstić information content (AvgIpc) is 2.74. The summed E-state index contributed by atoms with van der Waals surface area (Å²) in [7, 11) is 0. The SMILES string of the molecule is N#Cc1c(NC(=O)[C@H]2CCCC[C@@H]2C(=O)O)sc2c1CCCCC2. The van der Waals surface area contributed by atoms with Crippen LogP contribution in [0.15, 0.2) is 0 Å². The Morgan fingerprint density at radius 3 is 2.50 bits per heavy atom. The highest BCUT2D eigenvalue weighted by molar-refractivity contribution is 7.16. The van der Waals surface area contributed by atoms with Crippen LogP contribution in [-0.2, 0) is 22.4 Å².